The highest BCUT2D eigenvalue weighted by Crippen LogP contribution is 2.39. The van der Waals surface area contributed by atoms with Gasteiger partial charge in [0.25, 0.3) is 0 Å². The van der Waals surface area contributed by atoms with Gasteiger partial charge in [-0.2, -0.15) is 0 Å². The number of hydrogen-bond donors (Lipinski definition) is 1. The molecule has 0 unspecified atom stereocenters. The van der Waals surface area contributed by atoms with Crippen molar-refractivity contribution in [3.05, 3.63) is 34.9 Å². The minimum atomic E-state index is -0.578. The van der Waals surface area contributed by atoms with Crippen molar-refractivity contribution in [1.29, 1.82) is 0 Å². The Morgan fingerprint density at radius 2 is 1.61 bits per heavy atom. The minimum absolute atomic E-state index is 0. The third-order valence-corrected chi connectivity index (χ3v) is 10.6. The van der Waals surface area contributed by atoms with Crippen LogP contribution in [0.3, 0.4) is 0 Å². The molecule has 4 fully saturated rings. The smallest absolute Gasteiger partial charge is 0.245 e. The fraction of sp³-hybridized carbons (Fsp3) is 0.735. The molecule has 3 heterocycles. The largest absolute Gasteiger partial charge is 0.378 e. The highest BCUT2D eigenvalue weighted by atomic mass is 35.5. The molecule has 1 aromatic carbocycles. The number of amides is 3. The first-order chi connectivity index (χ1) is 20.5. The molecule has 3 saturated heterocycles. The van der Waals surface area contributed by atoms with Crippen molar-refractivity contribution < 1.29 is 19.1 Å². The lowest BCUT2D eigenvalue weighted by atomic mass is 9.81. The number of benzene rings is 1. The summed E-state index contributed by atoms with van der Waals surface area (Å²) in [5, 5.41) is 3.89. The van der Waals surface area contributed by atoms with Gasteiger partial charge in [-0.15, -0.1) is 12.4 Å². The van der Waals surface area contributed by atoms with Crippen LogP contribution in [0, 0.1) is 17.8 Å². The Bertz CT molecular complexity index is 1130. The maximum atomic E-state index is 14.5. The van der Waals surface area contributed by atoms with Crippen molar-refractivity contribution in [2.24, 2.45) is 17.8 Å². The number of likely N-dealkylation sites (tertiary alicyclic amines) is 2. The first-order valence-corrected chi connectivity index (χ1v) is 16.8. The lowest BCUT2D eigenvalue weighted by Gasteiger charge is -2.34. The molecule has 8 nitrogen and oxygen atoms in total. The van der Waals surface area contributed by atoms with Crippen molar-refractivity contribution in [3.8, 4) is 0 Å². The molecular formula is C34H52Cl2N4O4. The summed E-state index contributed by atoms with van der Waals surface area (Å²) in [6.07, 6.45) is 6.79. The van der Waals surface area contributed by atoms with E-state index in [1.165, 1.54) is 25.7 Å². The van der Waals surface area contributed by atoms with Crippen molar-refractivity contribution in [2.45, 2.75) is 96.2 Å². The Kier molecular flexibility index (Phi) is 12.0. The van der Waals surface area contributed by atoms with Crippen LogP contribution in [-0.2, 0) is 19.1 Å². The Hall–Kier alpha value is -1.87. The van der Waals surface area contributed by atoms with E-state index in [-0.39, 0.29) is 53.5 Å². The second kappa shape index (κ2) is 15.1. The van der Waals surface area contributed by atoms with E-state index in [2.05, 4.69) is 37.9 Å². The third kappa shape index (κ3) is 8.48. The van der Waals surface area contributed by atoms with Gasteiger partial charge in [-0.25, -0.2) is 0 Å². The second-order valence-corrected chi connectivity index (χ2v) is 14.9. The van der Waals surface area contributed by atoms with Crippen LogP contribution in [0.15, 0.2) is 24.3 Å². The Labute approximate surface area is 275 Å². The van der Waals surface area contributed by atoms with Gasteiger partial charge in [-0.3, -0.25) is 19.3 Å². The molecule has 5 rings (SSSR count). The third-order valence-electron chi connectivity index (χ3n) is 10.4. The molecule has 1 N–H and O–H groups in total. The van der Waals surface area contributed by atoms with E-state index in [1.807, 2.05) is 29.2 Å². The van der Waals surface area contributed by atoms with Gasteiger partial charge in [-0.1, -0.05) is 56.3 Å². The van der Waals surface area contributed by atoms with Crippen molar-refractivity contribution >= 4 is 41.7 Å². The topological polar surface area (TPSA) is 82.2 Å². The monoisotopic (exact) mass is 650 g/mol. The number of hydrogen-bond acceptors (Lipinski definition) is 5. The van der Waals surface area contributed by atoms with E-state index in [9.17, 15) is 14.4 Å². The van der Waals surface area contributed by atoms with Gasteiger partial charge in [0.2, 0.25) is 17.7 Å². The number of morpholine rings is 1. The molecule has 1 aromatic rings. The molecular weight excluding hydrogens is 599 g/mol. The number of halogens is 2. The average Bonchev–Trinajstić information content (AvgIpc) is 3.62. The van der Waals surface area contributed by atoms with Crippen LogP contribution >= 0.6 is 24.0 Å². The van der Waals surface area contributed by atoms with E-state index >= 15 is 0 Å². The van der Waals surface area contributed by atoms with Crippen LogP contribution in [0.2, 0.25) is 5.02 Å². The SMILES string of the molecule is CC1CCC(CCC(=O)N[C@H]2C[C@@H](C(=O)N3CCOCC3)N(C(=O)[C@@H]3CN(C(C)(C)C)C[C@H]3c3ccc(Cl)cc3)C2)CC1.Cl. The average molecular weight is 652 g/mol. The van der Waals surface area contributed by atoms with Crippen molar-refractivity contribution in [1.82, 2.24) is 20.0 Å². The van der Waals surface area contributed by atoms with Crippen LogP contribution in [-0.4, -0.2) is 96.0 Å². The molecule has 4 atom stereocenters. The zero-order chi connectivity index (χ0) is 30.7. The summed E-state index contributed by atoms with van der Waals surface area (Å²) in [6, 6.07) is 7.01. The number of nitrogens with zero attached hydrogens (tertiary/aromatic N) is 3. The molecule has 1 saturated carbocycles. The number of rotatable bonds is 7. The van der Waals surface area contributed by atoms with Gasteiger partial charge in [0.05, 0.1) is 19.1 Å². The van der Waals surface area contributed by atoms with E-state index in [0.29, 0.717) is 63.2 Å². The molecule has 246 valence electrons. The van der Waals surface area contributed by atoms with Gasteiger partial charge < -0.3 is 19.9 Å². The Morgan fingerprint density at radius 3 is 2.25 bits per heavy atom. The Balaban J connectivity index is 0.00000442. The van der Waals surface area contributed by atoms with Gasteiger partial charge in [-0.05, 0) is 63.1 Å². The maximum Gasteiger partial charge on any atom is 0.245 e. The summed E-state index contributed by atoms with van der Waals surface area (Å²) in [5.74, 6) is 1.14. The summed E-state index contributed by atoms with van der Waals surface area (Å²) < 4.78 is 5.49. The summed E-state index contributed by atoms with van der Waals surface area (Å²) >= 11 is 6.21. The molecule has 1 aliphatic carbocycles. The number of carbonyl (C=O) groups is 3. The summed E-state index contributed by atoms with van der Waals surface area (Å²) in [6.45, 7) is 12.7. The lowest BCUT2D eigenvalue weighted by molar-refractivity contribution is -0.148. The first-order valence-electron chi connectivity index (χ1n) is 16.5. The molecule has 0 bridgehead atoms. The molecule has 0 aromatic heterocycles. The molecule has 3 aliphatic heterocycles. The highest BCUT2D eigenvalue weighted by molar-refractivity contribution is 6.30. The van der Waals surface area contributed by atoms with Gasteiger partial charge in [0.15, 0.2) is 0 Å². The van der Waals surface area contributed by atoms with Crippen LogP contribution in [0.4, 0.5) is 0 Å². The molecule has 10 heteroatoms. The molecule has 3 amide bonds. The summed E-state index contributed by atoms with van der Waals surface area (Å²) in [5.41, 5.74) is 0.993. The number of carbonyl (C=O) groups excluding carboxylic acids is 3. The number of ether oxygens (including phenoxy) is 1. The second-order valence-electron chi connectivity index (χ2n) is 14.4. The fourth-order valence-corrected chi connectivity index (χ4v) is 7.65. The van der Waals surface area contributed by atoms with E-state index < -0.39 is 6.04 Å². The van der Waals surface area contributed by atoms with Crippen LogP contribution in [0.1, 0.15) is 84.1 Å². The predicted molar refractivity (Wildman–Crippen MR) is 176 cm³/mol. The van der Waals surface area contributed by atoms with Crippen LogP contribution in [0.5, 0.6) is 0 Å². The maximum absolute atomic E-state index is 14.5. The molecule has 44 heavy (non-hydrogen) atoms. The number of nitrogens with one attached hydrogen (secondary N) is 1. The zero-order valence-corrected chi connectivity index (χ0v) is 28.5. The fourth-order valence-electron chi connectivity index (χ4n) is 7.53. The molecule has 0 spiro atoms. The lowest BCUT2D eigenvalue weighted by Crippen LogP contribution is -2.52. The highest BCUT2D eigenvalue weighted by Gasteiger charge is 2.49. The van der Waals surface area contributed by atoms with E-state index in [4.69, 9.17) is 16.3 Å². The van der Waals surface area contributed by atoms with Crippen molar-refractivity contribution in [2.75, 3.05) is 45.9 Å². The van der Waals surface area contributed by atoms with Gasteiger partial charge in [0.1, 0.15) is 6.04 Å². The molecule has 0 radical (unpaired) electrons. The summed E-state index contributed by atoms with van der Waals surface area (Å²) in [7, 11) is 0. The van der Waals surface area contributed by atoms with Gasteiger partial charge >= 0.3 is 0 Å². The zero-order valence-electron chi connectivity index (χ0n) is 26.9. The van der Waals surface area contributed by atoms with Crippen molar-refractivity contribution in [3.63, 3.8) is 0 Å². The van der Waals surface area contributed by atoms with Crippen LogP contribution in [0.25, 0.3) is 0 Å². The predicted octanol–water partition coefficient (Wildman–Crippen LogP) is 5.13. The van der Waals surface area contributed by atoms with E-state index in [0.717, 1.165) is 24.4 Å². The van der Waals surface area contributed by atoms with Gasteiger partial charge in [0, 0.05) is 61.7 Å². The minimum Gasteiger partial charge on any atom is -0.378 e. The quantitative estimate of drug-likeness (QED) is 0.443. The standard InChI is InChI=1S/C34H51ClN4O4.ClH/c1-23-5-7-24(8-6-23)9-14-31(40)36-27-19-30(33(42)37-15-17-43-18-16-37)39(20-27)32(41)29-22-38(34(2,3)4)21-28(29)25-10-12-26(35)13-11-25;/h10-13,23-24,27-30H,5-9,14-22H2,1-4H3,(H,36,40);1H/t23?,24?,27-,28-,29+,30-;/m0./s1. The Morgan fingerprint density at radius 1 is 0.955 bits per heavy atom. The molecule has 4 aliphatic rings. The summed E-state index contributed by atoms with van der Waals surface area (Å²) in [4.78, 5) is 47.5. The normalized spacial score (nSPS) is 29.8. The van der Waals surface area contributed by atoms with Crippen LogP contribution < -0.4 is 5.32 Å². The first kappa shape index (κ1) is 35.0. The van der Waals surface area contributed by atoms with E-state index in [1.54, 1.807) is 4.90 Å².